The van der Waals surface area contributed by atoms with Crippen LogP contribution in [0.2, 0.25) is 19.6 Å². The first-order valence-corrected chi connectivity index (χ1v) is 10.0. The first kappa shape index (κ1) is 16.9. The monoisotopic (exact) mass is 304 g/mol. The van der Waals surface area contributed by atoms with E-state index in [1.807, 2.05) is 19.1 Å². The Labute approximate surface area is 126 Å². The fourth-order valence-electron chi connectivity index (χ4n) is 1.39. The largest absolute Gasteiger partial charge is 0.500 e. The van der Waals surface area contributed by atoms with Crippen molar-refractivity contribution in [3.8, 4) is 17.2 Å². The molecule has 1 aromatic carbocycles. The molecule has 0 amide bonds. The van der Waals surface area contributed by atoms with E-state index in [-0.39, 0.29) is 5.76 Å². The first-order valence-electron chi connectivity index (χ1n) is 6.51. The predicted molar refractivity (Wildman–Crippen MR) is 84.8 cm³/mol. The fourth-order valence-corrected chi connectivity index (χ4v) is 1.91. The van der Waals surface area contributed by atoms with Crippen LogP contribution in [0.4, 0.5) is 0 Å². The van der Waals surface area contributed by atoms with Gasteiger partial charge < -0.3 is 14.6 Å². The maximum atomic E-state index is 11.1. The summed E-state index contributed by atoms with van der Waals surface area (Å²) in [4.78, 5) is 11.1. The third kappa shape index (κ3) is 5.75. The van der Waals surface area contributed by atoms with Crippen molar-refractivity contribution in [2.75, 3.05) is 7.11 Å². The lowest BCUT2D eigenvalue weighted by Crippen LogP contribution is -2.16. The van der Waals surface area contributed by atoms with Crippen LogP contribution in [-0.4, -0.2) is 26.3 Å². The molecular weight excluding hydrogens is 284 g/mol. The second-order valence-corrected chi connectivity index (χ2v) is 10.4. The van der Waals surface area contributed by atoms with Gasteiger partial charge in [0.2, 0.25) is 5.76 Å². The Morgan fingerprint density at radius 1 is 1.33 bits per heavy atom. The zero-order valence-corrected chi connectivity index (χ0v) is 14.0. The summed E-state index contributed by atoms with van der Waals surface area (Å²) in [6.45, 7) is 8.33. The molecular formula is C16H20O4Si. The van der Waals surface area contributed by atoms with E-state index >= 15 is 0 Å². The quantitative estimate of drug-likeness (QED) is 0.402. The molecule has 1 rings (SSSR count). The molecule has 0 aliphatic heterocycles. The summed E-state index contributed by atoms with van der Waals surface area (Å²) in [5.41, 5.74) is 4.90. The highest BCUT2D eigenvalue weighted by Gasteiger charge is 2.13. The first-order chi connectivity index (χ1) is 9.73. The number of hydrogen-bond donors (Lipinski definition) is 1. The molecule has 0 aliphatic rings. The van der Waals surface area contributed by atoms with E-state index in [1.165, 1.54) is 7.11 Å². The van der Waals surface area contributed by atoms with Gasteiger partial charge in [-0.3, -0.25) is 0 Å². The number of aryl methyl sites for hydroxylation is 1. The Morgan fingerprint density at radius 3 is 2.52 bits per heavy atom. The number of carbonyl (C=O) groups is 1. The summed E-state index contributed by atoms with van der Waals surface area (Å²) in [5, 5.41) is 9.04. The molecule has 0 unspecified atom stereocenters. The molecule has 112 valence electrons. The molecule has 0 spiro atoms. The molecule has 0 saturated carbocycles. The average Bonchev–Trinajstić information content (AvgIpc) is 2.37. The second-order valence-electron chi connectivity index (χ2n) is 5.61. The topological polar surface area (TPSA) is 55.8 Å². The molecule has 0 bridgehead atoms. The van der Waals surface area contributed by atoms with Crippen molar-refractivity contribution < 1.29 is 19.4 Å². The van der Waals surface area contributed by atoms with Crippen molar-refractivity contribution in [3.63, 3.8) is 0 Å². The van der Waals surface area contributed by atoms with Crippen molar-refractivity contribution in [1.29, 1.82) is 0 Å². The summed E-state index contributed by atoms with van der Waals surface area (Å²) >= 11 is 0. The predicted octanol–water partition coefficient (Wildman–Crippen LogP) is 3.18. The van der Waals surface area contributed by atoms with Gasteiger partial charge in [0.05, 0.1) is 7.11 Å². The summed E-state index contributed by atoms with van der Waals surface area (Å²) in [5.74, 6) is 2.13. The third-order valence-electron chi connectivity index (χ3n) is 2.43. The minimum atomic E-state index is -1.46. The summed E-state index contributed by atoms with van der Waals surface area (Å²) < 4.78 is 10.1. The molecule has 0 aliphatic carbocycles. The zero-order chi connectivity index (χ0) is 16.0. The van der Waals surface area contributed by atoms with Crippen molar-refractivity contribution in [1.82, 2.24) is 0 Å². The number of ether oxygens (including phenoxy) is 2. The fraction of sp³-hybridized carbons (Fsp3) is 0.312. The lowest BCUT2D eigenvalue weighted by Gasteiger charge is -2.09. The van der Waals surface area contributed by atoms with E-state index in [1.54, 1.807) is 6.07 Å². The molecule has 5 heteroatoms. The molecule has 0 fully saturated rings. The van der Waals surface area contributed by atoms with Crippen LogP contribution in [-0.2, 0) is 9.53 Å². The van der Waals surface area contributed by atoms with E-state index in [2.05, 4.69) is 31.1 Å². The highest BCUT2D eigenvalue weighted by molar-refractivity contribution is 6.83. The van der Waals surface area contributed by atoms with Gasteiger partial charge in [0.1, 0.15) is 20.1 Å². The lowest BCUT2D eigenvalue weighted by molar-refractivity contribution is -0.135. The number of methoxy groups -OCH3 is 1. The van der Waals surface area contributed by atoms with Gasteiger partial charge in [-0.1, -0.05) is 31.6 Å². The molecule has 4 nitrogen and oxygen atoms in total. The third-order valence-corrected chi connectivity index (χ3v) is 3.30. The van der Waals surface area contributed by atoms with Gasteiger partial charge >= 0.3 is 5.97 Å². The number of carboxylic acid groups (broad SMARTS) is 1. The molecule has 0 radical (unpaired) electrons. The van der Waals surface area contributed by atoms with Crippen molar-refractivity contribution in [2.45, 2.75) is 26.6 Å². The van der Waals surface area contributed by atoms with Gasteiger partial charge in [-0.05, 0) is 24.6 Å². The van der Waals surface area contributed by atoms with Gasteiger partial charge in [-0.2, -0.15) is 0 Å². The van der Waals surface area contributed by atoms with Crippen molar-refractivity contribution in [2.24, 2.45) is 0 Å². The van der Waals surface area contributed by atoms with Crippen LogP contribution in [0.1, 0.15) is 11.1 Å². The van der Waals surface area contributed by atoms with E-state index in [4.69, 9.17) is 14.6 Å². The molecule has 0 heterocycles. The van der Waals surface area contributed by atoms with Crippen LogP contribution in [0.15, 0.2) is 30.2 Å². The molecule has 1 aromatic rings. The van der Waals surface area contributed by atoms with E-state index < -0.39 is 14.0 Å². The van der Waals surface area contributed by atoms with Crippen LogP contribution in [0, 0.1) is 18.4 Å². The standard InChI is InChI=1S/C16H20O4Si/c1-12-6-7-13(8-9-21(3,4)5)10-14(12)20-15(11-19-2)16(17)18/h6-7,10-11H,1-5H3,(H,17,18)/b15-11-. The van der Waals surface area contributed by atoms with Crippen LogP contribution in [0.3, 0.4) is 0 Å². The SMILES string of the molecule is CO/C=C(\Oc1cc(C#C[Si](C)(C)C)ccc1C)C(=O)O. The van der Waals surface area contributed by atoms with Gasteiger partial charge in [-0.25, -0.2) is 4.79 Å². The Kier molecular flexibility index (Phi) is 5.62. The van der Waals surface area contributed by atoms with Crippen molar-refractivity contribution in [3.05, 3.63) is 41.3 Å². The van der Waals surface area contributed by atoms with Gasteiger partial charge in [0.25, 0.3) is 0 Å². The van der Waals surface area contributed by atoms with Gasteiger partial charge in [0.15, 0.2) is 0 Å². The smallest absolute Gasteiger partial charge is 0.375 e. The maximum absolute atomic E-state index is 11.1. The van der Waals surface area contributed by atoms with E-state index in [9.17, 15) is 4.79 Å². The van der Waals surface area contributed by atoms with Crippen LogP contribution in [0.5, 0.6) is 5.75 Å². The van der Waals surface area contributed by atoms with E-state index in [0.717, 1.165) is 17.4 Å². The number of hydrogen-bond acceptors (Lipinski definition) is 3. The minimum Gasteiger partial charge on any atom is -0.500 e. The minimum absolute atomic E-state index is 0.268. The molecule has 0 aromatic heterocycles. The molecule has 1 N–H and O–H groups in total. The van der Waals surface area contributed by atoms with Crippen molar-refractivity contribution >= 4 is 14.0 Å². The Hall–Kier alpha value is -2.19. The Morgan fingerprint density at radius 2 is 2.00 bits per heavy atom. The Balaban J connectivity index is 3.10. The number of carboxylic acids is 1. The molecule has 0 atom stereocenters. The summed E-state index contributed by atoms with van der Waals surface area (Å²) in [6.07, 6.45) is 1.06. The number of aliphatic carboxylic acids is 1. The maximum Gasteiger partial charge on any atom is 0.375 e. The van der Waals surface area contributed by atoms with Gasteiger partial charge in [-0.15, -0.1) is 5.54 Å². The summed E-state index contributed by atoms with van der Waals surface area (Å²) in [7, 11) is -0.0909. The highest BCUT2D eigenvalue weighted by atomic mass is 28.3. The molecule has 21 heavy (non-hydrogen) atoms. The summed E-state index contributed by atoms with van der Waals surface area (Å²) in [6, 6.07) is 5.50. The Bertz CT molecular complexity index is 615. The highest BCUT2D eigenvalue weighted by Crippen LogP contribution is 2.22. The van der Waals surface area contributed by atoms with Crippen LogP contribution >= 0.6 is 0 Å². The zero-order valence-electron chi connectivity index (χ0n) is 13.0. The lowest BCUT2D eigenvalue weighted by atomic mass is 10.1. The van der Waals surface area contributed by atoms with Crippen LogP contribution < -0.4 is 4.74 Å². The van der Waals surface area contributed by atoms with E-state index in [0.29, 0.717) is 5.75 Å². The average molecular weight is 304 g/mol. The second kappa shape index (κ2) is 7.00. The normalized spacial score (nSPS) is 11.4. The molecule has 0 saturated heterocycles. The van der Waals surface area contributed by atoms with Gasteiger partial charge in [0, 0.05) is 5.56 Å². The number of benzene rings is 1. The van der Waals surface area contributed by atoms with Crippen LogP contribution in [0.25, 0.3) is 0 Å². The number of rotatable bonds is 4.